The van der Waals surface area contributed by atoms with Crippen LogP contribution >= 0.6 is 15.9 Å². The average Bonchev–Trinajstić information content (AvgIpc) is 2.24. The van der Waals surface area contributed by atoms with Gasteiger partial charge in [-0.1, -0.05) is 0 Å². The Hall–Kier alpha value is -0.610. The van der Waals surface area contributed by atoms with E-state index >= 15 is 0 Å². The highest BCUT2D eigenvalue weighted by molar-refractivity contribution is 9.10. The Labute approximate surface area is 96.6 Å². The number of aromatic nitrogens is 1. The van der Waals surface area contributed by atoms with Crippen molar-refractivity contribution in [3.8, 4) is 0 Å². The Morgan fingerprint density at radius 2 is 2.27 bits per heavy atom. The fourth-order valence-corrected chi connectivity index (χ4v) is 3.48. The van der Waals surface area contributed by atoms with E-state index in [1.54, 1.807) is 6.07 Å². The van der Waals surface area contributed by atoms with E-state index in [4.69, 9.17) is 0 Å². The third kappa shape index (κ3) is 1.47. The van der Waals surface area contributed by atoms with Crippen LogP contribution in [0.15, 0.2) is 21.4 Å². The van der Waals surface area contributed by atoms with E-state index in [1.165, 1.54) is 12.1 Å². The summed E-state index contributed by atoms with van der Waals surface area (Å²) in [7, 11) is 0. The lowest BCUT2D eigenvalue weighted by molar-refractivity contribution is 0.256. The van der Waals surface area contributed by atoms with Crippen molar-refractivity contribution in [2.75, 3.05) is 13.1 Å². The van der Waals surface area contributed by atoms with E-state index < -0.39 is 0 Å². The first-order valence-electron chi connectivity index (χ1n) is 5.35. The molecule has 4 heteroatoms. The van der Waals surface area contributed by atoms with Gasteiger partial charge in [-0.15, -0.1) is 0 Å². The summed E-state index contributed by atoms with van der Waals surface area (Å²) in [6.07, 6.45) is 1.22. The molecule has 0 spiro atoms. The van der Waals surface area contributed by atoms with Crippen LogP contribution in [0.4, 0.5) is 0 Å². The Morgan fingerprint density at radius 1 is 1.40 bits per heavy atom. The van der Waals surface area contributed by atoms with Gasteiger partial charge in [-0.05, 0) is 40.9 Å². The molecule has 80 valence electrons. The van der Waals surface area contributed by atoms with Gasteiger partial charge in [0.05, 0.1) is 0 Å². The van der Waals surface area contributed by atoms with Crippen molar-refractivity contribution in [3.63, 3.8) is 0 Å². The fraction of sp³-hybridized carbons (Fsp3) is 0.545. The zero-order valence-corrected chi connectivity index (χ0v) is 9.96. The lowest BCUT2D eigenvalue weighted by atomic mass is 9.84. The van der Waals surface area contributed by atoms with Crippen LogP contribution in [-0.2, 0) is 6.54 Å². The Bertz CT molecular complexity index is 454. The minimum Gasteiger partial charge on any atom is -0.316 e. The molecule has 0 radical (unpaired) electrons. The van der Waals surface area contributed by atoms with Crippen LogP contribution in [0.1, 0.15) is 18.0 Å². The van der Waals surface area contributed by atoms with Crippen molar-refractivity contribution < 1.29 is 0 Å². The van der Waals surface area contributed by atoms with Gasteiger partial charge in [0.15, 0.2) is 0 Å². The second kappa shape index (κ2) is 3.46. The third-order valence-electron chi connectivity index (χ3n) is 3.44. The lowest BCUT2D eigenvalue weighted by Crippen LogP contribution is -2.45. The van der Waals surface area contributed by atoms with E-state index in [1.807, 2.05) is 10.6 Å². The summed E-state index contributed by atoms with van der Waals surface area (Å²) in [4.78, 5) is 11.8. The summed E-state index contributed by atoms with van der Waals surface area (Å²) < 4.78 is 3.03. The zero-order chi connectivity index (χ0) is 10.4. The molecule has 1 fully saturated rings. The minimum atomic E-state index is 0.143. The highest BCUT2D eigenvalue weighted by atomic mass is 79.9. The number of hydrogen-bond acceptors (Lipinski definition) is 2. The molecule has 1 aromatic heterocycles. The maximum Gasteiger partial charge on any atom is 0.250 e. The largest absolute Gasteiger partial charge is 0.316 e. The molecule has 1 saturated heterocycles. The predicted octanol–water partition coefficient (Wildman–Crippen LogP) is 1.32. The molecule has 2 aliphatic rings. The van der Waals surface area contributed by atoms with Crippen LogP contribution in [0.5, 0.6) is 0 Å². The summed E-state index contributed by atoms with van der Waals surface area (Å²) in [5, 5.41) is 3.44. The Morgan fingerprint density at radius 3 is 3.13 bits per heavy atom. The van der Waals surface area contributed by atoms with Gasteiger partial charge in [0, 0.05) is 35.2 Å². The van der Waals surface area contributed by atoms with E-state index in [0.717, 1.165) is 24.1 Å². The number of halogens is 1. The number of hydrogen-bond donors (Lipinski definition) is 1. The second-order valence-corrected chi connectivity index (χ2v) is 5.33. The minimum absolute atomic E-state index is 0.143. The molecule has 0 aliphatic carbocycles. The van der Waals surface area contributed by atoms with Crippen molar-refractivity contribution >= 4 is 15.9 Å². The molecule has 0 saturated carbocycles. The van der Waals surface area contributed by atoms with Gasteiger partial charge in [-0.2, -0.15) is 0 Å². The molecule has 1 aromatic rings. The maximum absolute atomic E-state index is 11.8. The van der Waals surface area contributed by atoms with Crippen LogP contribution in [0.2, 0.25) is 0 Å². The van der Waals surface area contributed by atoms with E-state index in [-0.39, 0.29) is 5.56 Å². The molecule has 0 aromatic carbocycles. The number of pyridine rings is 1. The molecular formula is C11H13BrN2O. The first-order chi connectivity index (χ1) is 7.25. The molecule has 3 heterocycles. The molecule has 2 bridgehead atoms. The molecule has 2 aliphatic heterocycles. The number of nitrogens with zero attached hydrogens (tertiary/aromatic N) is 1. The molecule has 15 heavy (non-hydrogen) atoms. The summed E-state index contributed by atoms with van der Waals surface area (Å²) in [5.41, 5.74) is 1.33. The van der Waals surface area contributed by atoms with Crippen molar-refractivity contribution in [1.82, 2.24) is 9.88 Å². The topological polar surface area (TPSA) is 34.0 Å². The SMILES string of the molecule is O=c1ccc(Br)c2n1C[C@@H]1CNC[C@@H]2C1. The van der Waals surface area contributed by atoms with Gasteiger partial charge in [0.25, 0.3) is 5.56 Å². The summed E-state index contributed by atoms with van der Waals surface area (Å²) in [5.74, 6) is 1.13. The van der Waals surface area contributed by atoms with Crippen molar-refractivity contribution in [1.29, 1.82) is 0 Å². The molecule has 0 unspecified atom stereocenters. The molecule has 3 rings (SSSR count). The first-order valence-corrected chi connectivity index (χ1v) is 6.15. The highest BCUT2D eigenvalue weighted by Gasteiger charge is 2.31. The summed E-state index contributed by atoms with van der Waals surface area (Å²) >= 11 is 3.55. The standard InChI is InChI=1S/C11H13BrN2O/c12-9-1-2-10(15)14-6-7-3-8(11(9)14)5-13-4-7/h1-2,7-8,13H,3-6H2/t7-,8-/m0/s1. The van der Waals surface area contributed by atoms with Gasteiger partial charge in [0.1, 0.15) is 0 Å². The van der Waals surface area contributed by atoms with Crippen LogP contribution < -0.4 is 10.9 Å². The highest BCUT2D eigenvalue weighted by Crippen LogP contribution is 2.35. The Kier molecular flexibility index (Phi) is 2.21. The summed E-state index contributed by atoms with van der Waals surface area (Å²) in [6, 6.07) is 3.53. The van der Waals surface area contributed by atoms with Crippen LogP contribution in [0.25, 0.3) is 0 Å². The summed E-state index contributed by atoms with van der Waals surface area (Å²) in [6.45, 7) is 2.92. The van der Waals surface area contributed by atoms with E-state index in [2.05, 4.69) is 21.2 Å². The zero-order valence-electron chi connectivity index (χ0n) is 8.37. The third-order valence-corrected chi connectivity index (χ3v) is 4.11. The molecule has 3 nitrogen and oxygen atoms in total. The number of rotatable bonds is 0. The van der Waals surface area contributed by atoms with Gasteiger partial charge < -0.3 is 9.88 Å². The molecule has 0 amide bonds. The predicted molar refractivity (Wildman–Crippen MR) is 62.1 cm³/mol. The Balaban J connectivity index is 2.20. The van der Waals surface area contributed by atoms with E-state index in [0.29, 0.717) is 11.8 Å². The van der Waals surface area contributed by atoms with Gasteiger partial charge >= 0.3 is 0 Å². The number of fused-ring (bicyclic) bond motifs is 4. The molecular weight excluding hydrogens is 256 g/mol. The van der Waals surface area contributed by atoms with Crippen LogP contribution in [0, 0.1) is 5.92 Å². The van der Waals surface area contributed by atoms with Crippen molar-refractivity contribution in [3.05, 3.63) is 32.7 Å². The number of piperidine rings is 1. The smallest absolute Gasteiger partial charge is 0.250 e. The average molecular weight is 269 g/mol. The van der Waals surface area contributed by atoms with Crippen molar-refractivity contribution in [2.45, 2.75) is 18.9 Å². The van der Waals surface area contributed by atoms with Crippen LogP contribution in [-0.4, -0.2) is 17.7 Å². The van der Waals surface area contributed by atoms with E-state index in [9.17, 15) is 4.79 Å². The maximum atomic E-state index is 11.8. The fourth-order valence-electron chi connectivity index (χ4n) is 2.81. The first kappa shape index (κ1) is 9.60. The van der Waals surface area contributed by atoms with Gasteiger partial charge in [-0.3, -0.25) is 4.79 Å². The molecule has 1 N–H and O–H groups in total. The normalized spacial score (nSPS) is 28.6. The lowest BCUT2D eigenvalue weighted by Gasteiger charge is -2.37. The quantitative estimate of drug-likeness (QED) is 0.770. The van der Waals surface area contributed by atoms with Crippen molar-refractivity contribution in [2.24, 2.45) is 5.92 Å². The monoisotopic (exact) mass is 268 g/mol. The van der Waals surface area contributed by atoms with Crippen LogP contribution in [0.3, 0.4) is 0 Å². The van der Waals surface area contributed by atoms with Gasteiger partial charge in [0.2, 0.25) is 0 Å². The second-order valence-electron chi connectivity index (χ2n) is 4.47. The number of nitrogens with one attached hydrogen (secondary N) is 1. The molecule has 2 atom stereocenters. The van der Waals surface area contributed by atoms with Gasteiger partial charge in [-0.25, -0.2) is 0 Å².